The van der Waals surface area contributed by atoms with Crippen LogP contribution in [0.15, 0.2) is 22.7 Å². The Kier molecular flexibility index (Phi) is 3.84. The van der Waals surface area contributed by atoms with E-state index >= 15 is 0 Å². The van der Waals surface area contributed by atoms with E-state index in [-0.39, 0.29) is 22.3 Å². The molecule has 0 bridgehead atoms. The van der Waals surface area contributed by atoms with E-state index in [1.807, 2.05) is 0 Å². The molecule has 1 heterocycles. The van der Waals surface area contributed by atoms with Crippen LogP contribution in [0.5, 0.6) is 0 Å². The lowest BCUT2D eigenvalue weighted by atomic mass is 10.2. The highest BCUT2D eigenvalue weighted by Crippen LogP contribution is 2.26. The Balaban J connectivity index is 2.23. The second kappa shape index (κ2) is 5.40. The minimum atomic E-state index is -3.09. The van der Waals surface area contributed by atoms with Crippen LogP contribution in [0.25, 0.3) is 11.4 Å². The van der Waals surface area contributed by atoms with Gasteiger partial charge >= 0.3 is 0 Å². The zero-order valence-corrected chi connectivity index (χ0v) is 10.00. The summed E-state index contributed by atoms with van der Waals surface area (Å²) in [6.45, 7) is 0. The number of halogens is 4. The standard InChI is InChI=1S/C11H6ClF3N2O2/c12-7-3-5(13)1-2-6(7)11-16-9(19-17-11)4-8(18)10(14)15/h1-3,10H,4H2. The third kappa shape index (κ3) is 3.11. The van der Waals surface area contributed by atoms with Gasteiger partial charge in [0.1, 0.15) is 5.82 Å². The number of hydrogen-bond donors (Lipinski definition) is 0. The minimum absolute atomic E-state index is 0.00191. The van der Waals surface area contributed by atoms with Crippen molar-refractivity contribution in [3.63, 3.8) is 0 Å². The van der Waals surface area contributed by atoms with Gasteiger partial charge in [0.25, 0.3) is 6.43 Å². The zero-order valence-electron chi connectivity index (χ0n) is 9.24. The minimum Gasteiger partial charge on any atom is -0.338 e. The topological polar surface area (TPSA) is 56.0 Å². The molecule has 4 nitrogen and oxygen atoms in total. The Hall–Kier alpha value is -1.89. The fourth-order valence-electron chi connectivity index (χ4n) is 1.33. The summed E-state index contributed by atoms with van der Waals surface area (Å²) in [4.78, 5) is 14.6. The van der Waals surface area contributed by atoms with Crippen molar-refractivity contribution in [1.29, 1.82) is 0 Å². The van der Waals surface area contributed by atoms with Crippen LogP contribution in [0.4, 0.5) is 13.2 Å². The molecule has 0 spiro atoms. The molecule has 2 aromatic rings. The molecule has 1 aromatic heterocycles. The quantitative estimate of drug-likeness (QED) is 0.869. The van der Waals surface area contributed by atoms with E-state index in [0.717, 1.165) is 12.1 Å². The number of rotatable bonds is 4. The first-order chi connectivity index (χ1) is 8.97. The van der Waals surface area contributed by atoms with Crippen LogP contribution < -0.4 is 0 Å². The molecule has 0 saturated carbocycles. The lowest BCUT2D eigenvalue weighted by Gasteiger charge is -1.97. The van der Waals surface area contributed by atoms with Crippen molar-refractivity contribution in [3.8, 4) is 11.4 Å². The third-order valence-electron chi connectivity index (χ3n) is 2.21. The first-order valence-electron chi connectivity index (χ1n) is 5.06. The van der Waals surface area contributed by atoms with Crippen LogP contribution in [-0.2, 0) is 11.2 Å². The van der Waals surface area contributed by atoms with Gasteiger partial charge in [-0.2, -0.15) is 4.98 Å². The number of Topliss-reactive ketones (excluding diaryl/α,β-unsaturated/α-hetero) is 1. The van der Waals surface area contributed by atoms with Gasteiger partial charge in [-0.1, -0.05) is 16.8 Å². The molecule has 0 fully saturated rings. The first-order valence-corrected chi connectivity index (χ1v) is 5.44. The number of nitrogens with zero attached hydrogens (tertiary/aromatic N) is 2. The van der Waals surface area contributed by atoms with Crippen LogP contribution in [0.2, 0.25) is 5.02 Å². The van der Waals surface area contributed by atoms with Crippen molar-refractivity contribution in [2.75, 3.05) is 0 Å². The highest BCUT2D eigenvalue weighted by Gasteiger charge is 2.20. The van der Waals surface area contributed by atoms with Crippen molar-refractivity contribution in [1.82, 2.24) is 10.1 Å². The number of ketones is 1. The molecule has 0 aliphatic heterocycles. The van der Waals surface area contributed by atoms with Gasteiger partial charge in [-0.05, 0) is 18.2 Å². The SMILES string of the molecule is O=C(Cc1nc(-c2ccc(F)cc2Cl)no1)C(F)F. The molecule has 0 aliphatic rings. The highest BCUT2D eigenvalue weighted by atomic mass is 35.5. The van der Waals surface area contributed by atoms with Crippen LogP contribution in [0.3, 0.4) is 0 Å². The van der Waals surface area contributed by atoms with Gasteiger partial charge in [0.05, 0.1) is 11.4 Å². The molecular formula is C11H6ClF3N2O2. The number of hydrogen-bond acceptors (Lipinski definition) is 4. The van der Waals surface area contributed by atoms with Crippen LogP contribution in [0.1, 0.15) is 5.89 Å². The fraction of sp³-hybridized carbons (Fsp3) is 0.182. The highest BCUT2D eigenvalue weighted by molar-refractivity contribution is 6.33. The zero-order chi connectivity index (χ0) is 14.0. The maximum atomic E-state index is 12.9. The van der Waals surface area contributed by atoms with Crippen molar-refractivity contribution in [2.24, 2.45) is 0 Å². The second-order valence-corrected chi connectivity index (χ2v) is 3.99. The Morgan fingerprint density at radius 2 is 2.16 bits per heavy atom. The normalized spacial score (nSPS) is 11.0. The number of aromatic nitrogens is 2. The summed E-state index contributed by atoms with van der Waals surface area (Å²) in [5.41, 5.74) is 0.280. The van der Waals surface area contributed by atoms with Crippen LogP contribution in [0, 0.1) is 5.82 Å². The molecule has 0 saturated heterocycles. The maximum absolute atomic E-state index is 12.9. The van der Waals surface area contributed by atoms with E-state index in [2.05, 4.69) is 14.7 Å². The molecule has 0 amide bonds. The lowest BCUT2D eigenvalue weighted by Crippen LogP contribution is -2.12. The van der Waals surface area contributed by atoms with Gasteiger partial charge < -0.3 is 4.52 Å². The van der Waals surface area contributed by atoms with Crippen molar-refractivity contribution < 1.29 is 22.5 Å². The summed E-state index contributed by atoms with van der Waals surface area (Å²) in [6, 6.07) is 3.51. The molecule has 0 unspecified atom stereocenters. The van der Waals surface area contributed by atoms with Gasteiger partial charge in [0, 0.05) is 5.56 Å². The largest absolute Gasteiger partial charge is 0.338 e. The molecule has 0 N–H and O–H groups in total. The average molecular weight is 291 g/mol. The van der Waals surface area contributed by atoms with Gasteiger partial charge in [0.2, 0.25) is 17.5 Å². The smallest absolute Gasteiger partial charge is 0.296 e. The summed E-state index contributed by atoms with van der Waals surface area (Å²) in [6.07, 6.45) is -3.76. The Morgan fingerprint density at radius 3 is 2.79 bits per heavy atom. The van der Waals surface area contributed by atoms with E-state index in [0.29, 0.717) is 0 Å². The molecule has 19 heavy (non-hydrogen) atoms. The van der Waals surface area contributed by atoms with E-state index in [9.17, 15) is 18.0 Å². The first kappa shape index (κ1) is 13.5. The summed E-state index contributed by atoms with van der Waals surface area (Å²) in [5.74, 6) is -2.10. The van der Waals surface area contributed by atoms with Gasteiger partial charge in [-0.25, -0.2) is 13.2 Å². The summed E-state index contributed by atoms with van der Waals surface area (Å²) < 4.78 is 41.6. The van der Waals surface area contributed by atoms with Crippen molar-refractivity contribution in [2.45, 2.75) is 12.8 Å². The molecule has 2 rings (SSSR count). The van der Waals surface area contributed by atoms with Crippen molar-refractivity contribution in [3.05, 3.63) is 34.9 Å². The number of benzene rings is 1. The summed E-state index contributed by atoms with van der Waals surface area (Å²) in [7, 11) is 0. The lowest BCUT2D eigenvalue weighted by molar-refractivity contribution is -0.129. The molecule has 1 aromatic carbocycles. The number of alkyl halides is 2. The predicted octanol–water partition coefficient (Wildman–Crippen LogP) is 2.91. The van der Waals surface area contributed by atoms with E-state index in [1.165, 1.54) is 6.07 Å². The van der Waals surface area contributed by atoms with E-state index < -0.39 is 24.4 Å². The van der Waals surface area contributed by atoms with Crippen LogP contribution in [-0.4, -0.2) is 22.3 Å². The summed E-state index contributed by atoms with van der Waals surface area (Å²) in [5, 5.41) is 3.55. The Bertz CT molecular complexity index is 616. The molecule has 0 aliphatic carbocycles. The van der Waals surface area contributed by atoms with Gasteiger partial charge in [0.15, 0.2) is 0 Å². The van der Waals surface area contributed by atoms with Crippen molar-refractivity contribution >= 4 is 17.4 Å². The maximum Gasteiger partial charge on any atom is 0.296 e. The monoisotopic (exact) mass is 290 g/mol. The van der Waals surface area contributed by atoms with E-state index in [1.54, 1.807) is 0 Å². The second-order valence-electron chi connectivity index (χ2n) is 3.58. The average Bonchev–Trinajstić information content (AvgIpc) is 2.77. The number of carbonyl (C=O) groups is 1. The molecule has 100 valence electrons. The van der Waals surface area contributed by atoms with Gasteiger partial charge in [-0.3, -0.25) is 4.79 Å². The Labute approximate surface area is 110 Å². The molecule has 0 radical (unpaired) electrons. The molecular weight excluding hydrogens is 285 g/mol. The van der Waals surface area contributed by atoms with Crippen LogP contribution >= 0.6 is 11.6 Å². The molecule has 0 atom stereocenters. The molecule has 8 heteroatoms. The van der Waals surface area contributed by atoms with E-state index in [4.69, 9.17) is 11.6 Å². The van der Waals surface area contributed by atoms with Gasteiger partial charge in [-0.15, -0.1) is 0 Å². The third-order valence-corrected chi connectivity index (χ3v) is 2.52. The number of carbonyl (C=O) groups excluding carboxylic acids is 1. The predicted molar refractivity (Wildman–Crippen MR) is 59.4 cm³/mol. The Morgan fingerprint density at radius 1 is 1.42 bits per heavy atom. The fourth-order valence-corrected chi connectivity index (χ4v) is 1.58. The summed E-state index contributed by atoms with van der Waals surface area (Å²) >= 11 is 5.78.